The molecule has 7 nitrogen and oxygen atoms in total. The van der Waals surface area contributed by atoms with Crippen LogP contribution >= 0.6 is 28.1 Å². The molecule has 0 atom stereocenters. The first-order chi connectivity index (χ1) is 10.4. The number of rotatable bonds is 4. The van der Waals surface area contributed by atoms with Crippen LogP contribution in [-0.2, 0) is 9.47 Å². The van der Waals surface area contributed by atoms with Crippen LogP contribution in [0.3, 0.4) is 0 Å². The van der Waals surface area contributed by atoms with Gasteiger partial charge in [0.1, 0.15) is 5.82 Å². The van der Waals surface area contributed by atoms with E-state index in [4.69, 9.17) is 21.7 Å². The number of carbonyl (C=O) groups is 2. The Morgan fingerprint density at radius 2 is 1.95 bits per heavy atom. The minimum absolute atomic E-state index is 0.00492. The van der Waals surface area contributed by atoms with Crippen molar-refractivity contribution < 1.29 is 19.1 Å². The molecule has 0 saturated carbocycles. The average molecular weight is 390 g/mol. The van der Waals surface area contributed by atoms with Crippen molar-refractivity contribution >= 4 is 51.1 Å². The second-order valence-corrected chi connectivity index (χ2v) is 5.27. The maximum Gasteiger partial charge on any atom is 0.413 e. The molecule has 0 aliphatic carbocycles. The second kappa shape index (κ2) is 8.64. The zero-order valence-electron chi connectivity index (χ0n) is 12.4. The molecule has 1 aromatic heterocycles. The van der Waals surface area contributed by atoms with E-state index in [1.54, 1.807) is 26.8 Å². The van der Waals surface area contributed by atoms with E-state index >= 15 is 0 Å². The van der Waals surface area contributed by atoms with E-state index in [-0.39, 0.29) is 29.8 Å². The third kappa shape index (κ3) is 5.23. The average Bonchev–Trinajstić information content (AvgIpc) is 2.42. The molecule has 0 saturated heterocycles. The standard InChI is InChI=1S/C13H16BrN3O4S/c1-4-20-11(18)9-7(3)6-8(14)10(15-9)16-12(22)17-13(19)21-5-2/h6H,4-5H2,1-3H3,(H2,15,16,17,19,22). The molecule has 1 rings (SSSR count). The van der Waals surface area contributed by atoms with Crippen molar-refractivity contribution in [1.29, 1.82) is 0 Å². The van der Waals surface area contributed by atoms with Crippen LogP contribution in [0, 0.1) is 6.92 Å². The minimum Gasteiger partial charge on any atom is -0.461 e. The highest BCUT2D eigenvalue weighted by atomic mass is 79.9. The number of nitrogens with zero attached hydrogens (tertiary/aromatic N) is 1. The zero-order chi connectivity index (χ0) is 16.7. The SMILES string of the molecule is CCOC(=O)NC(=S)Nc1nc(C(=O)OCC)c(C)cc1Br. The van der Waals surface area contributed by atoms with Crippen LogP contribution in [0.15, 0.2) is 10.5 Å². The number of nitrogens with one attached hydrogen (secondary N) is 2. The van der Waals surface area contributed by atoms with Crippen LogP contribution in [0.25, 0.3) is 0 Å². The van der Waals surface area contributed by atoms with Crippen molar-refractivity contribution in [2.45, 2.75) is 20.8 Å². The number of aromatic nitrogens is 1. The van der Waals surface area contributed by atoms with Gasteiger partial charge in [-0.1, -0.05) is 0 Å². The molecule has 120 valence electrons. The number of aryl methyl sites for hydroxylation is 1. The lowest BCUT2D eigenvalue weighted by Crippen LogP contribution is -2.35. The molecule has 2 N–H and O–H groups in total. The van der Waals surface area contributed by atoms with Crippen LogP contribution in [0.5, 0.6) is 0 Å². The van der Waals surface area contributed by atoms with E-state index in [0.29, 0.717) is 10.0 Å². The first kappa shape index (κ1) is 18.3. The van der Waals surface area contributed by atoms with Gasteiger partial charge in [0.05, 0.1) is 17.7 Å². The van der Waals surface area contributed by atoms with Crippen molar-refractivity contribution in [3.8, 4) is 0 Å². The topological polar surface area (TPSA) is 89.5 Å². The summed E-state index contributed by atoms with van der Waals surface area (Å²) in [5.41, 5.74) is 0.826. The summed E-state index contributed by atoms with van der Waals surface area (Å²) in [6, 6.07) is 1.70. The van der Waals surface area contributed by atoms with E-state index in [0.717, 1.165) is 0 Å². The lowest BCUT2D eigenvalue weighted by Gasteiger charge is -2.12. The van der Waals surface area contributed by atoms with Gasteiger partial charge in [0, 0.05) is 0 Å². The predicted molar refractivity (Wildman–Crippen MR) is 89.0 cm³/mol. The Balaban J connectivity index is 2.90. The molecular weight excluding hydrogens is 374 g/mol. The third-order valence-corrected chi connectivity index (χ3v) is 3.17. The van der Waals surface area contributed by atoms with Crippen molar-refractivity contribution in [2.75, 3.05) is 18.5 Å². The molecule has 1 aromatic rings. The first-order valence-corrected chi connectivity index (χ1v) is 7.68. The van der Waals surface area contributed by atoms with Crippen LogP contribution in [0.4, 0.5) is 10.6 Å². The summed E-state index contributed by atoms with van der Waals surface area (Å²) in [6.45, 7) is 5.61. The molecule has 22 heavy (non-hydrogen) atoms. The van der Waals surface area contributed by atoms with Crippen molar-refractivity contribution in [1.82, 2.24) is 10.3 Å². The number of anilines is 1. The number of amides is 1. The molecule has 0 aromatic carbocycles. The normalized spacial score (nSPS) is 9.82. The lowest BCUT2D eigenvalue weighted by molar-refractivity contribution is 0.0518. The molecule has 1 heterocycles. The maximum atomic E-state index is 11.8. The van der Waals surface area contributed by atoms with E-state index in [1.165, 1.54) is 0 Å². The number of halogens is 1. The Morgan fingerprint density at radius 1 is 1.32 bits per heavy atom. The molecule has 0 aliphatic heterocycles. The van der Waals surface area contributed by atoms with Crippen molar-refractivity contribution in [3.05, 3.63) is 21.8 Å². The van der Waals surface area contributed by atoms with E-state index < -0.39 is 12.1 Å². The Labute approximate surface area is 141 Å². The Bertz CT molecular complexity index is 595. The Kier molecular flexibility index (Phi) is 7.19. The number of thiocarbonyl (C=S) groups is 1. The van der Waals surface area contributed by atoms with Crippen LogP contribution < -0.4 is 10.6 Å². The highest BCUT2D eigenvalue weighted by molar-refractivity contribution is 9.10. The first-order valence-electron chi connectivity index (χ1n) is 6.48. The van der Waals surface area contributed by atoms with Crippen molar-refractivity contribution in [3.63, 3.8) is 0 Å². The van der Waals surface area contributed by atoms with E-state index in [1.807, 2.05) is 0 Å². The largest absolute Gasteiger partial charge is 0.461 e. The molecule has 0 unspecified atom stereocenters. The fourth-order valence-electron chi connectivity index (χ4n) is 1.47. The van der Waals surface area contributed by atoms with Gasteiger partial charge in [-0.3, -0.25) is 5.32 Å². The smallest absolute Gasteiger partial charge is 0.413 e. The van der Waals surface area contributed by atoms with Gasteiger partial charge < -0.3 is 14.8 Å². The van der Waals surface area contributed by atoms with Gasteiger partial charge in [-0.2, -0.15) is 0 Å². The Hall–Kier alpha value is -1.74. The zero-order valence-corrected chi connectivity index (χ0v) is 14.8. The number of hydrogen-bond acceptors (Lipinski definition) is 6. The van der Waals surface area contributed by atoms with Gasteiger partial charge in [0.15, 0.2) is 10.8 Å². The van der Waals surface area contributed by atoms with Gasteiger partial charge in [-0.05, 0) is 60.5 Å². The highest BCUT2D eigenvalue weighted by Crippen LogP contribution is 2.23. The van der Waals surface area contributed by atoms with Crippen molar-refractivity contribution in [2.24, 2.45) is 0 Å². The molecule has 0 fully saturated rings. The molecule has 0 bridgehead atoms. The van der Waals surface area contributed by atoms with Crippen LogP contribution in [0.1, 0.15) is 29.9 Å². The number of esters is 1. The number of ether oxygens (including phenoxy) is 2. The van der Waals surface area contributed by atoms with Gasteiger partial charge in [0.25, 0.3) is 0 Å². The summed E-state index contributed by atoms with van der Waals surface area (Å²) >= 11 is 8.29. The summed E-state index contributed by atoms with van der Waals surface area (Å²) in [5, 5.41) is 5.05. The predicted octanol–water partition coefficient (Wildman–Crippen LogP) is 2.77. The third-order valence-electron chi connectivity index (χ3n) is 2.36. The molecule has 9 heteroatoms. The second-order valence-electron chi connectivity index (χ2n) is 4.00. The van der Waals surface area contributed by atoms with Gasteiger partial charge in [-0.25, -0.2) is 14.6 Å². The monoisotopic (exact) mass is 389 g/mol. The van der Waals surface area contributed by atoms with Crippen LogP contribution in [-0.4, -0.2) is 35.4 Å². The van der Waals surface area contributed by atoms with Gasteiger partial charge in [0.2, 0.25) is 0 Å². The fourth-order valence-corrected chi connectivity index (χ4v) is 2.18. The highest BCUT2D eigenvalue weighted by Gasteiger charge is 2.16. The summed E-state index contributed by atoms with van der Waals surface area (Å²) in [6.07, 6.45) is -0.672. The van der Waals surface area contributed by atoms with Gasteiger partial charge >= 0.3 is 12.1 Å². The summed E-state index contributed by atoms with van der Waals surface area (Å²) in [5.74, 6) is -0.240. The maximum absolute atomic E-state index is 11.8. The molecule has 0 radical (unpaired) electrons. The van der Waals surface area contributed by atoms with E-state index in [2.05, 4.69) is 31.5 Å². The fraction of sp³-hybridized carbons (Fsp3) is 0.385. The molecule has 0 spiro atoms. The number of carbonyl (C=O) groups excluding carboxylic acids is 2. The van der Waals surface area contributed by atoms with E-state index in [9.17, 15) is 9.59 Å². The molecular formula is C13H16BrN3O4S. The van der Waals surface area contributed by atoms with Gasteiger partial charge in [-0.15, -0.1) is 0 Å². The Morgan fingerprint density at radius 3 is 2.55 bits per heavy atom. The summed E-state index contributed by atoms with van der Waals surface area (Å²) in [7, 11) is 0. The quantitative estimate of drug-likeness (QED) is 0.604. The minimum atomic E-state index is -0.672. The summed E-state index contributed by atoms with van der Waals surface area (Å²) in [4.78, 5) is 27.3. The summed E-state index contributed by atoms with van der Waals surface area (Å²) < 4.78 is 10.2. The number of hydrogen-bond donors (Lipinski definition) is 2. The number of alkyl carbamates (subject to hydrolysis) is 1. The van der Waals surface area contributed by atoms with Crippen LogP contribution in [0.2, 0.25) is 0 Å². The molecule has 1 amide bonds. The lowest BCUT2D eigenvalue weighted by atomic mass is 10.2. The number of pyridine rings is 1. The molecule has 0 aliphatic rings.